The number of carbonyl (C=O) groups is 1. The molecule has 0 atom stereocenters. The fourth-order valence-electron chi connectivity index (χ4n) is 6.63. The number of aliphatic hydroxyl groups excluding tert-OH is 1. The van der Waals surface area contributed by atoms with Crippen LogP contribution in [0.2, 0.25) is 0 Å². The van der Waals surface area contributed by atoms with E-state index in [-0.39, 0.29) is 59.8 Å². The summed E-state index contributed by atoms with van der Waals surface area (Å²) in [6.45, 7) is 14.5. The molecule has 0 bridgehead atoms. The van der Waals surface area contributed by atoms with Gasteiger partial charge in [0.05, 0.1) is 16.8 Å². The molecule has 0 spiro atoms. The first-order valence-corrected chi connectivity index (χ1v) is 18.2. The normalized spacial score (nSPS) is 12.5. The predicted molar refractivity (Wildman–Crippen MR) is 202 cm³/mol. The first-order chi connectivity index (χ1) is 23.7. The molecule has 0 amide bonds. The second kappa shape index (κ2) is 16.4. The maximum Gasteiger partial charge on any atom is 0.419 e. The molecule has 0 saturated heterocycles. The number of aromatic nitrogens is 2. The number of rotatable bonds is 8. The first-order valence-electron chi connectivity index (χ1n) is 17.3. The van der Waals surface area contributed by atoms with Crippen LogP contribution >= 0.6 is 11.3 Å². The summed E-state index contributed by atoms with van der Waals surface area (Å²) in [5.41, 5.74) is 1.18. The van der Waals surface area contributed by atoms with Crippen molar-refractivity contribution in [2.45, 2.75) is 85.7 Å². The number of carbonyl (C=O) groups excluding carboxylic acids is 1. The fraction of sp³-hybridized carbons (Fsp3) is 0.357. The molecule has 6 aromatic rings. The second-order valence-corrected chi connectivity index (χ2v) is 14.7. The van der Waals surface area contributed by atoms with Crippen molar-refractivity contribution in [2.75, 3.05) is 0 Å². The number of aliphatic hydroxyl groups is 1. The third kappa shape index (κ3) is 8.53. The number of hydrogen-bond acceptors (Lipinski definition) is 5. The van der Waals surface area contributed by atoms with Gasteiger partial charge in [0.1, 0.15) is 6.33 Å². The molecule has 6 rings (SSSR count). The van der Waals surface area contributed by atoms with Gasteiger partial charge < -0.3 is 5.11 Å². The Morgan fingerprint density at radius 3 is 2.14 bits per heavy atom. The quantitative estimate of drug-likeness (QED) is 0.0716. The van der Waals surface area contributed by atoms with Gasteiger partial charge in [-0.15, -0.1) is 29.1 Å². The van der Waals surface area contributed by atoms with Gasteiger partial charge >= 0.3 is 6.18 Å². The van der Waals surface area contributed by atoms with Gasteiger partial charge in [0.15, 0.2) is 5.78 Å². The second-order valence-electron chi connectivity index (χ2n) is 13.8. The smallest absolute Gasteiger partial charge is 0.419 e. The third-order valence-electron chi connectivity index (χ3n) is 9.52. The van der Waals surface area contributed by atoms with E-state index < -0.39 is 11.7 Å². The zero-order chi connectivity index (χ0) is 36.4. The molecule has 0 fully saturated rings. The summed E-state index contributed by atoms with van der Waals surface area (Å²) < 4.78 is 43.9. The fourth-order valence-corrected chi connectivity index (χ4v) is 7.44. The molecule has 0 aliphatic rings. The van der Waals surface area contributed by atoms with Crippen LogP contribution < -0.4 is 0 Å². The average molecular weight is 890 g/mol. The van der Waals surface area contributed by atoms with Crippen LogP contribution in [0.4, 0.5) is 13.2 Å². The summed E-state index contributed by atoms with van der Waals surface area (Å²) in [5, 5.41) is 16.0. The molecule has 271 valence electrons. The van der Waals surface area contributed by atoms with Crippen molar-refractivity contribution in [3.63, 3.8) is 0 Å². The molecule has 1 radical (unpaired) electrons. The Morgan fingerprint density at radius 1 is 0.863 bits per heavy atom. The van der Waals surface area contributed by atoms with Crippen LogP contribution in [0.1, 0.15) is 85.3 Å². The Balaban J connectivity index is 0.000000312. The van der Waals surface area contributed by atoms with Crippen LogP contribution in [0.3, 0.4) is 0 Å². The van der Waals surface area contributed by atoms with Crippen LogP contribution in [0.25, 0.3) is 53.8 Å². The molecule has 0 unspecified atom stereocenters. The summed E-state index contributed by atoms with van der Waals surface area (Å²) in [7, 11) is 0. The van der Waals surface area contributed by atoms with E-state index in [1.165, 1.54) is 23.9 Å². The molecule has 0 saturated carbocycles. The zero-order valence-electron chi connectivity index (χ0n) is 30.0. The van der Waals surface area contributed by atoms with E-state index in [9.17, 15) is 23.1 Å². The summed E-state index contributed by atoms with van der Waals surface area (Å²) in [6, 6.07) is 20.2. The van der Waals surface area contributed by atoms with Crippen LogP contribution in [0, 0.1) is 17.9 Å². The number of hydrogen-bond donors (Lipinski definition) is 1. The molecular formula is C42H44F3IrN2O2S-. The van der Waals surface area contributed by atoms with Crippen molar-refractivity contribution < 1.29 is 43.2 Å². The Morgan fingerprint density at radius 2 is 1.51 bits per heavy atom. The Labute approximate surface area is 315 Å². The number of thiophene rings is 1. The van der Waals surface area contributed by atoms with Gasteiger partial charge in [-0.2, -0.15) is 24.5 Å². The summed E-state index contributed by atoms with van der Waals surface area (Å²) in [5.74, 6) is 0.547. The van der Waals surface area contributed by atoms with Crippen LogP contribution in [0.5, 0.6) is 0 Å². The van der Waals surface area contributed by atoms with Crippen LogP contribution in [-0.2, 0) is 36.5 Å². The Kier molecular flexibility index (Phi) is 12.9. The van der Waals surface area contributed by atoms with Crippen molar-refractivity contribution in [3.05, 3.63) is 95.3 Å². The van der Waals surface area contributed by atoms with Crippen molar-refractivity contribution in [1.82, 2.24) is 9.97 Å². The van der Waals surface area contributed by atoms with Gasteiger partial charge in [-0.25, -0.2) is 4.98 Å². The molecule has 9 heteroatoms. The Bertz CT molecular complexity index is 2190. The van der Waals surface area contributed by atoms with Crippen molar-refractivity contribution in [1.29, 1.82) is 0 Å². The van der Waals surface area contributed by atoms with Gasteiger partial charge in [-0.3, -0.25) is 9.78 Å². The van der Waals surface area contributed by atoms with E-state index >= 15 is 0 Å². The minimum atomic E-state index is -4.56. The average Bonchev–Trinajstić information content (AvgIpc) is 3.53. The predicted octanol–water partition coefficient (Wildman–Crippen LogP) is 12.8. The summed E-state index contributed by atoms with van der Waals surface area (Å²) >= 11 is 1.66. The van der Waals surface area contributed by atoms with E-state index in [4.69, 9.17) is 0 Å². The van der Waals surface area contributed by atoms with E-state index in [2.05, 4.69) is 60.4 Å². The monoisotopic (exact) mass is 890 g/mol. The van der Waals surface area contributed by atoms with Gasteiger partial charge in [0.25, 0.3) is 0 Å². The maximum atomic E-state index is 14.3. The molecule has 2 aromatic heterocycles. The molecule has 4 nitrogen and oxygen atoms in total. The van der Waals surface area contributed by atoms with Gasteiger partial charge in [-0.05, 0) is 64.1 Å². The standard InChI is InChI=1S/C29H20F3N2S.C13H24O2.Ir/c1-28(2,3)23-13-19(10-18-14-24-17(8-9-35-24)12-21(18)23)26-22-11-16-6-4-5-7-20(16)25(29(30,31)32)27(22)34-15-33-26;1-5-10(6-2)12(14)9-13(15)11(7-3)8-4;/h4-9,11-15H,1-3H3;9-11,14H,5-8H2,1-4H3;/q-1;;/b;12-9-;. The van der Waals surface area contributed by atoms with Crippen molar-refractivity contribution in [3.8, 4) is 11.3 Å². The Hall–Kier alpha value is -3.65. The van der Waals surface area contributed by atoms with Crippen molar-refractivity contribution >= 4 is 59.7 Å². The van der Waals surface area contributed by atoms with Crippen LogP contribution in [0.15, 0.2) is 78.1 Å². The van der Waals surface area contributed by atoms with Gasteiger partial charge in [-0.1, -0.05) is 95.8 Å². The van der Waals surface area contributed by atoms with Gasteiger partial charge in [0, 0.05) is 48.4 Å². The van der Waals surface area contributed by atoms with Crippen molar-refractivity contribution in [2.24, 2.45) is 11.8 Å². The van der Waals surface area contributed by atoms with E-state index in [1.807, 2.05) is 33.8 Å². The zero-order valence-corrected chi connectivity index (χ0v) is 33.2. The molecule has 51 heavy (non-hydrogen) atoms. The maximum absolute atomic E-state index is 14.3. The molecule has 1 N–H and O–H groups in total. The number of allylic oxidation sites excluding steroid dienone is 2. The van der Waals surface area contributed by atoms with Gasteiger partial charge in [0.2, 0.25) is 0 Å². The number of nitrogens with zero attached hydrogens (tertiary/aromatic N) is 2. The summed E-state index contributed by atoms with van der Waals surface area (Å²) in [6.07, 6.45) is 1.57. The van der Waals surface area contributed by atoms with E-state index in [0.717, 1.165) is 46.7 Å². The SMILES string of the molecule is CC(C)(C)c1cc(-c2ncnc3c(C(F)(F)F)c4ccccc4cc23)[c-]c2cc3sccc3cc12.CCC(CC)C(=O)/C=C(\O)C(CC)CC.[Ir]. The topological polar surface area (TPSA) is 63.1 Å². The number of ketones is 1. The molecular weight excluding hydrogens is 846 g/mol. The summed E-state index contributed by atoms with van der Waals surface area (Å²) in [4.78, 5) is 20.3. The number of alkyl halides is 3. The van der Waals surface area contributed by atoms with E-state index in [1.54, 1.807) is 35.6 Å². The largest absolute Gasteiger partial charge is 0.512 e. The molecule has 2 heterocycles. The number of halogens is 3. The number of benzene rings is 4. The molecule has 4 aromatic carbocycles. The molecule has 0 aliphatic heterocycles. The first kappa shape index (κ1) is 40.1. The van der Waals surface area contributed by atoms with E-state index in [0.29, 0.717) is 22.0 Å². The third-order valence-corrected chi connectivity index (χ3v) is 10.4. The van der Waals surface area contributed by atoms with Crippen LogP contribution in [-0.4, -0.2) is 20.9 Å². The minimum absolute atomic E-state index is 0. The molecule has 0 aliphatic carbocycles. The minimum Gasteiger partial charge on any atom is -0.512 e. The number of fused-ring (bicyclic) bond motifs is 4.